The largest absolute Gasteiger partial charge is 0.466 e. The molecule has 0 aromatic rings. The fraction of sp³-hybridized carbons (Fsp3) is 0.824. The number of amides is 1. The van der Waals surface area contributed by atoms with Crippen molar-refractivity contribution in [2.45, 2.75) is 65.1 Å². The number of esters is 1. The van der Waals surface area contributed by atoms with Gasteiger partial charge in [-0.15, -0.1) is 0 Å². The van der Waals surface area contributed by atoms with E-state index in [1.54, 1.807) is 6.92 Å². The third kappa shape index (κ3) is 5.32. The maximum atomic E-state index is 12.2. The Balaban J connectivity index is 3.23. The molecule has 0 spiro atoms. The van der Waals surface area contributed by atoms with Crippen molar-refractivity contribution in [1.29, 1.82) is 0 Å². The van der Waals surface area contributed by atoms with E-state index in [1.807, 2.05) is 13.8 Å². The fourth-order valence-electron chi connectivity index (χ4n) is 3.88. The van der Waals surface area contributed by atoms with Gasteiger partial charge in [-0.2, -0.15) is 0 Å². The number of carbonyl (C=O) groups is 2. The molecule has 0 aromatic carbocycles. The molecule has 1 fully saturated rings. The number of nitrogens with one attached hydrogen (secondary N) is 1. The summed E-state index contributed by atoms with van der Waals surface area (Å²) in [6.45, 7) is 7.45. The van der Waals surface area contributed by atoms with Gasteiger partial charge in [-0.25, -0.2) is 4.99 Å². The minimum atomic E-state index is -0.982. The number of guanidine groups is 1. The monoisotopic (exact) mass is 356 g/mol. The smallest absolute Gasteiger partial charge is 0.311 e. The maximum Gasteiger partial charge on any atom is 0.311 e. The lowest BCUT2D eigenvalue weighted by Gasteiger charge is -2.35. The molecule has 6 N–H and O–H groups in total. The van der Waals surface area contributed by atoms with Crippen LogP contribution in [0.3, 0.4) is 0 Å². The Morgan fingerprint density at radius 2 is 1.88 bits per heavy atom. The molecule has 5 atom stereocenters. The molecule has 0 saturated heterocycles. The van der Waals surface area contributed by atoms with E-state index in [0.29, 0.717) is 6.42 Å². The minimum Gasteiger partial charge on any atom is -0.466 e. The highest BCUT2D eigenvalue weighted by Crippen LogP contribution is 2.40. The number of carbonyl (C=O) groups excluding carboxylic acids is 2. The van der Waals surface area contributed by atoms with Crippen LogP contribution in [0.15, 0.2) is 4.99 Å². The van der Waals surface area contributed by atoms with E-state index in [2.05, 4.69) is 10.3 Å². The van der Waals surface area contributed by atoms with Gasteiger partial charge in [-0.3, -0.25) is 9.59 Å². The van der Waals surface area contributed by atoms with Crippen molar-refractivity contribution in [3.63, 3.8) is 0 Å². The second kappa shape index (κ2) is 9.60. The molecule has 25 heavy (non-hydrogen) atoms. The predicted octanol–water partition coefficient (Wildman–Crippen LogP) is 0.129. The topological polar surface area (TPSA) is 140 Å². The van der Waals surface area contributed by atoms with Crippen LogP contribution >= 0.6 is 0 Å². The summed E-state index contributed by atoms with van der Waals surface area (Å²) in [4.78, 5) is 28.2. The number of hydrogen-bond donors (Lipinski definition) is 4. The van der Waals surface area contributed by atoms with Gasteiger partial charge in [0.1, 0.15) is 0 Å². The second-order valence-corrected chi connectivity index (χ2v) is 6.59. The van der Waals surface area contributed by atoms with Gasteiger partial charge in [0.2, 0.25) is 5.91 Å². The predicted molar refractivity (Wildman–Crippen MR) is 95.5 cm³/mol. The number of nitrogens with zero attached hydrogens (tertiary/aromatic N) is 1. The standard InChI is InChI=1S/C17H32N4O4/c1-5-10(6-2)14(20-9(4)22)13-12(21-17(18)19)8-11(15(13)23)16(24)25-7-3/h10-15,23H,5-8H2,1-4H3,(H,20,22)(H4,18,19,21)/t11-,12+,13+,14?,15+/m0/s1. The van der Waals surface area contributed by atoms with Crippen LogP contribution in [-0.4, -0.2) is 47.7 Å². The molecular weight excluding hydrogens is 324 g/mol. The molecule has 0 heterocycles. The highest BCUT2D eigenvalue weighted by atomic mass is 16.5. The Morgan fingerprint density at radius 1 is 1.28 bits per heavy atom. The first-order chi connectivity index (χ1) is 11.8. The van der Waals surface area contributed by atoms with Crippen molar-refractivity contribution in [2.24, 2.45) is 34.2 Å². The molecule has 0 aromatic heterocycles. The normalized spacial score (nSPS) is 27.0. The summed E-state index contributed by atoms with van der Waals surface area (Å²) in [5, 5.41) is 13.8. The molecule has 144 valence electrons. The molecule has 1 aliphatic carbocycles. The molecule has 8 heteroatoms. The molecule has 1 saturated carbocycles. The fourth-order valence-corrected chi connectivity index (χ4v) is 3.88. The van der Waals surface area contributed by atoms with Crippen LogP contribution in [0.5, 0.6) is 0 Å². The molecule has 8 nitrogen and oxygen atoms in total. The highest BCUT2D eigenvalue weighted by Gasteiger charge is 2.51. The average molecular weight is 356 g/mol. The summed E-state index contributed by atoms with van der Waals surface area (Å²) < 4.78 is 5.07. The summed E-state index contributed by atoms with van der Waals surface area (Å²) in [7, 11) is 0. The third-order valence-corrected chi connectivity index (χ3v) is 4.99. The van der Waals surface area contributed by atoms with Gasteiger partial charge in [0.25, 0.3) is 0 Å². The number of ether oxygens (including phenoxy) is 1. The quantitative estimate of drug-likeness (QED) is 0.277. The summed E-state index contributed by atoms with van der Waals surface area (Å²) in [6.07, 6.45) is 0.954. The maximum absolute atomic E-state index is 12.2. The van der Waals surface area contributed by atoms with Crippen molar-refractivity contribution in [3.8, 4) is 0 Å². The molecular formula is C17H32N4O4. The lowest BCUT2D eigenvalue weighted by molar-refractivity contribution is -0.151. The van der Waals surface area contributed by atoms with Gasteiger partial charge in [0.15, 0.2) is 5.96 Å². The summed E-state index contributed by atoms with van der Waals surface area (Å²) >= 11 is 0. The van der Waals surface area contributed by atoms with E-state index in [9.17, 15) is 14.7 Å². The van der Waals surface area contributed by atoms with Crippen LogP contribution < -0.4 is 16.8 Å². The first-order valence-electron chi connectivity index (χ1n) is 8.97. The van der Waals surface area contributed by atoms with Gasteiger partial charge in [0.05, 0.1) is 24.7 Å². The number of hydrogen-bond acceptors (Lipinski definition) is 5. The zero-order valence-electron chi connectivity index (χ0n) is 15.6. The molecule has 1 unspecified atom stereocenters. The lowest BCUT2D eigenvalue weighted by atomic mass is 9.80. The first kappa shape index (κ1) is 21.2. The Labute approximate surface area is 149 Å². The zero-order chi connectivity index (χ0) is 19.1. The van der Waals surface area contributed by atoms with Crippen molar-refractivity contribution in [1.82, 2.24) is 5.32 Å². The van der Waals surface area contributed by atoms with Crippen molar-refractivity contribution in [2.75, 3.05) is 6.61 Å². The zero-order valence-corrected chi connectivity index (χ0v) is 15.6. The summed E-state index contributed by atoms with van der Waals surface area (Å²) in [5.41, 5.74) is 11.1. The van der Waals surface area contributed by atoms with Crippen molar-refractivity contribution >= 4 is 17.8 Å². The molecule has 0 aliphatic heterocycles. The van der Waals surface area contributed by atoms with Crippen LogP contribution in [0.25, 0.3) is 0 Å². The van der Waals surface area contributed by atoms with E-state index >= 15 is 0 Å². The van der Waals surface area contributed by atoms with E-state index in [-0.39, 0.29) is 30.4 Å². The van der Waals surface area contributed by atoms with E-state index < -0.39 is 30.0 Å². The Kier molecular flexibility index (Phi) is 8.15. The number of rotatable bonds is 8. The Morgan fingerprint density at radius 3 is 2.32 bits per heavy atom. The second-order valence-electron chi connectivity index (χ2n) is 6.59. The molecule has 1 amide bonds. The number of aliphatic hydroxyl groups excluding tert-OH is 1. The van der Waals surface area contributed by atoms with E-state index in [0.717, 1.165) is 12.8 Å². The minimum absolute atomic E-state index is 0.0992. The number of aliphatic hydroxyl groups is 1. The van der Waals surface area contributed by atoms with Crippen LogP contribution in [0.1, 0.15) is 47.0 Å². The number of aliphatic imine (C=N–C) groups is 1. The summed E-state index contributed by atoms with van der Waals surface area (Å²) in [5.74, 6) is -1.76. The van der Waals surface area contributed by atoms with Gasteiger partial charge in [0, 0.05) is 18.9 Å². The third-order valence-electron chi connectivity index (χ3n) is 4.99. The average Bonchev–Trinajstić information content (AvgIpc) is 2.83. The molecule has 1 rings (SSSR count). The van der Waals surface area contributed by atoms with Crippen LogP contribution in [0.2, 0.25) is 0 Å². The van der Waals surface area contributed by atoms with Gasteiger partial charge in [-0.1, -0.05) is 26.7 Å². The molecule has 1 aliphatic rings. The highest BCUT2D eigenvalue weighted by molar-refractivity contribution is 5.77. The van der Waals surface area contributed by atoms with Crippen molar-refractivity contribution < 1.29 is 19.4 Å². The van der Waals surface area contributed by atoms with Gasteiger partial charge < -0.3 is 26.6 Å². The van der Waals surface area contributed by atoms with Gasteiger partial charge in [-0.05, 0) is 19.3 Å². The molecule has 0 radical (unpaired) electrons. The Hall–Kier alpha value is -1.83. The first-order valence-corrected chi connectivity index (χ1v) is 8.97. The van der Waals surface area contributed by atoms with Crippen LogP contribution in [0.4, 0.5) is 0 Å². The SMILES string of the molecule is CCOC(=O)[C@H]1C[C@@H](N=C(N)N)[C@H](C(NC(C)=O)C(CC)CC)[C@@H]1O. The van der Waals surface area contributed by atoms with Crippen molar-refractivity contribution in [3.05, 3.63) is 0 Å². The van der Waals surface area contributed by atoms with Crippen LogP contribution in [-0.2, 0) is 14.3 Å². The van der Waals surface area contributed by atoms with Crippen LogP contribution in [0, 0.1) is 17.8 Å². The lowest BCUT2D eigenvalue weighted by Crippen LogP contribution is -2.51. The van der Waals surface area contributed by atoms with Gasteiger partial charge >= 0.3 is 5.97 Å². The van der Waals surface area contributed by atoms with E-state index in [4.69, 9.17) is 16.2 Å². The molecule has 0 bridgehead atoms. The summed E-state index contributed by atoms with van der Waals surface area (Å²) in [6, 6.07) is -0.776. The number of nitrogens with two attached hydrogens (primary N) is 2. The van der Waals surface area contributed by atoms with E-state index in [1.165, 1.54) is 6.92 Å². The Bertz CT molecular complexity index is 489.